The second-order valence-corrected chi connectivity index (χ2v) is 6.43. The summed E-state index contributed by atoms with van der Waals surface area (Å²) >= 11 is 0. The number of rotatable bonds is 4. The zero-order chi connectivity index (χ0) is 12.8. The van der Waals surface area contributed by atoms with Crippen molar-refractivity contribution in [2.45, 2.75) is 82.8 Å². The van der Waals surface area contributed by atoms with E-state index in [1.165, 1.54) is 70.6 Å². The van der Waals surface area contributed by atoms with Crippen molar-refractivity contribution in [3.05, 3.63) is 0 Å². The Hall–Kier alpha value is -0.0800. The van der Waals surface area contributed by atoms with E-state index < -0.39 is 0 Å². The van der Waals surface area contributed by atoms with Gasteiger partial charge in [-0.2, -0.15) is 0 Å². The Kier molecular flexibility index (Phi) is 5.97. The summed E-state index contributed by atoms with van der Waals surface area (Å²) in [6, 6.07) is 0.274. The van der Waals surface area contributed by atoms with Crippen LogP contribution in [0.5, 0.6) is 0 Å². The Labute approximate surface area is 113 Å². The van der Waals surface area contributed by atoms with E-state index in [1.54, 1.807) is 0 Å². The minimum Gasteiger partial charge on any atom is -0.380 e. The molecular weight excluding hydrogens is 222 g/mol. The van der Waals surface area contributed by atoms with Crippen LogP contribution < -0.4 is 5.73 Å². The van der Waals surface area contributed by atoms with Gasteiger partial charge in [0.2, 0.25) is 0 Å². The molecule has 0 aliphatic heterocycles. The highest BCUT2D eigenvalue weighted by Crippen LogP contribution is 2.33. The molecule has 2 unspecified atom stereocenters. The van der Waals surface area contributed by atoms with E-state index in [9.17, 15) is 0 Å². The number of methoxy groups -OCH3 is 1. The lowest BCUT2D eigenvalue weighted by molar-refractivity contribution is 0.00142. The summed E-state index contributed by atoms with van der Waals surface area (Å²) in [7, 11) is 1.87. The average Bonchev–Trinajstić information content (AvgIpc) is 2.69. The Bertz CT molecular complexity index is 217. The fourth-order valence-corrected chi connectivity index (χ4v) is 4.09. The Morgan fingerprint density at radius 1 is 0.778 bits per heavy atom. The lowest BCUT2D eigenvalue weighted by Gasteiger charge is -2.36. The van der Waals surface area contributed by atoms with Gasteiger partial charge in [0, 0.05) is 13.2 Å². The molecule has 2 aliphatic rings. The van der Waals surface area contributed by atoms with Gasteiger partial charge in [-0.05, 0) is 37.5 Å². The van der Waals surface area contributed by atoms with Crippen LogP contribution in [-0.4, -0.2) is 19.3 Å². The molecule has 2 heteroatoms. The molecule has 2 aliphatic carbocycles. The van der Waals surface area contributed by atoms with Crippen LogP contribution in [-0.2, 0) is 4.74 Å². The minimum absolute atomic E-state index is 0.274. The molecule has 0 aromatic heterocycles. The van der Waals surface area contributed by atoms with Crippen molar-refractivity contribution >= 4 is 0 Å². The summed E-state index contributed by atoms with van der Waals surface area (Å²) < 4.78 is 5.82. The van der Waals surface area contributed by atoms with Gasteiger partial charge in [-0.25, -0.2) is 0 Å². The van der Waals surface area contributed by atoms with Crippen LogP contribution in [0.1, 0.15) is 70.6 Å². The van der Waals surface area contributed by atoms with E-state index in [0.717, 1.165) is 5.92 Å². The molecule has 106 valence electrons. The van der Waals surface area contributed by atoms with Gasteiger partial charge >= 0.3 is 0 Å². The smallest absolute Gasteiger partial charge is 0.0752 e. The molecule has 18 heavy (non-hydrogen) atoms. The number of ether oxygens (including phenoxy) is 1. The van der Waals surface area contributed by atoms with E-state index in [0.29, 0.717) is 12.0 Å². The fraction of sp³-hybridized carbons (Fsp3) is 1.00. The van der Waals surface area contributed by atoms with Gasteiger partial charge in [-0.15, -0.1) is 0 Å². The van der Waals surface area contributed by atoms with Crippen LogP contribution in [0.15, 0.2) is 0 Å². The Morgan fingerprint density at radius 2 is 1.22 bits per heavy atom. The lowest BCUT2D eigenvalue weighted by Crippen LogP contribution is -2.46. The molecular formula is C16H31NO. The summed E-state index contributed by atoms with van der Waals surface area (Å²) in [6.45, 7) is 0. The highest BCUT2D eigenvalue weighted by atomic mass is 16.5. The van der Waals surface area contributed by atoms with Gasteiger partial charge in [0.25, 0.3) is 0 Å². The number of nitrogens with two attached hydrogens (primary N) is 1. The fourth-order valence-electron chi connectivity index (χ4n) is 4.09. The largest absolute Gasteiger partial charge is 0.380 e. The summed E-state index contributed by atoms with van der Waals surface area (Å²) in [4.78, 5) is 0. The minimum atomic E-state index is 0.274. The van der Waals surface area contributed by atoms with Crippen LogP contribution in [0.2, 0.25) is 0 Å². The van der Waals surface area contributed by atoms with E-state index in [1.807, 2.05) is 7.11 Å². The van der Waals surface area contributed by atoms with E-state index in [4.69, 9.17) is 10.5 Å². The van der Waals surface area contributed by atoms with Crippen LogP contribution in [0.3, 0.4) is 0 Å². The average molecular weight is 253 g/mol. The van der Waals surface area contributed by atoms with Crippen molar-refractivity contribution in [2.75, 3.05) is 7.11 Å². The summed E-state index contributed by atoms with van der Waals surface area (Å²) in [5, 5.41) is 0. The molecule has 2 nitrogen and oxygen atoms in total. The molecule has 0 amide bonds. The predicted molar refractivity (Wildman–Crippen MR) is 76.5 cm³/mol. The maximum Gasteiger partial charge on any atom is 0.0752 e. The standard InChI is InChI=1S/C16H31NO/c1-18-16(14-11-7-4-8-12-14)15(17)13-9-5-2-3-6-10-13/h13-16H,2-12,17H2,1H3. The van der Waals surface area contributed by atoms with E-state index in [-0.39, 0.29) is 6.04 Å². The quantitative estimate of drug-likeness (QED) is 0.772. The van der Waals surface area contributed by atoms with Crippen molar-refractivity contribution in [1.82, 2.24) is 0 Å². The maximum atomic E-state index is 6.58. The van der Waals surface area contributed by atoms with Gasteiger partial charge in [0.15, 0.2) is 0 Å². The third-order valence-electron chi connectivity index (χ3n) is 5.21. The topological polar surface area (TPSA) is 35.2 Å². The highest BCUT2D eigenvalue weighted by Gasteiger charge is 2.33. The monoisotopic (exact) mass is 253 g/mol. The van der Waals surface area contributed by atoms with Gasteiger partial charge in [0.1, 0.15) is 0 Å². The van der Waals surface area contributed by atoms with E-state index in [2.05, 4.69) is 0 Å². The van der Waals surface area contributed by atoms with Gasteiger partial charge in [0.05, 0.1) is 6.10 Å². The van der Waals surface area contributed by atoms with Crippen LogP contribution in [0, 0.1) is 11.8 Å². The Balaban J connectivity index is 1.92. The molecule has 2 fully saturated rings. The lowest BCUT2D eigenvalue weighted by atomic mass is 9.78. The SMILES string of the molecule is COC(C1CCCCC1)C(N)C1CCCCCC1. The molecule has 0 bridgehead atoms. The van der Waals surface area contributed by atoms with Crippen molar-refractivity contribution < 1.29 is 4.74 Å². The molecule has 0 saturated heterocycles. The zero-order valence-corrected chi connectivity index (χ0v) is 12.1. The summed E-state index contributed by atoms with van der Waals surface area (Å²) in [6.07, 6.45) is 15.4. The first kappa shape index (κ1) is 14.3. The first-order valence-electron chi connectivity index (χ1n) is 8.11. The van der Waals surface area contributed by atoms with Crippen molar-refractivity contribution in [3.63, 3.8) is 0 Å². The first-order valence-corrected chi connectivity index (χ1v) is 8.11. The molecule has 2 rings (SSSR count). The molecule has 2 atom stereocenters. The number of hydrogen-bond acceptors (Lipinski definition) is 2. The van der Waals surface area contributed by atoms with Crippen LogP contribution >= 0.6 is 0 Å². The van der Waals surface area contributed by atoms with Gasteiger partial charge in [-0.3, -0.25) is 0 Å². The highest BCUT2D eigenvalue weighted by molar-refractivity contribution is 4.87. The molecule has 2 N–H and O–H groups in total. The normalized spacial score (nSPS) is 27.7. The molecule has 0 spiro atoms. The van der Waals surface area contributed by atoms with Crippen molar-refractivity contribution in [3.8, 4) is 0 Å². The van der Waals surface area contributed by atoms with Gasteiger partial charge < -0.3 is 10.5 Å². The maximum absolute atomic E-state index is 6.58. The van der Waals surface area contributed by atoms with Gasteiger partial charge in [-0.1, -0.05) is 44.9 Å². The van der Waals surface area contributed by atoms with E-state index >= 15 is 0 Å². The number of hydrogen-bond donors (Lipinski definition) is 1. The first-order chi connectivity index (χ1) is 8.83. The van der Waals surface area contributed by atoms with Crippen molar-refractivity contribution in [2.24, 2.45) is 17.6 Å². The van der Waals surface area contributed by atoms with Crippen LogP contribution in [0.25, 0.3) is 0 Å². The second-order valence-electron chi connectivity index (χ2n) is 6.43. The molecule has 0 heterocycles. The molecule has 0 aromatic carbocycles. The summed E-state index contributed by atoms with van der Waals surface area (Å²) in [5.74, 6) is 1.43. The zero-order valence-electron chi connectivity index (χ0n) is 12.1. The molecule has 2 saturated carbocycles. The third-order valence-corrected chi connectivity index (χ3v) is 5.21. The molecule has 0 aromatic rings. The van der Waals surface area contributed by atoms with Crippen LogP contribution in [0.4, 0.5) is 0 Å². The molecule has 0 radical (unpaired) electrons. The van der Waals surface area contributed by atoms with Crippen molar-refractivity contribution in [1.29, 1.82) is 0 Å². The second kappa shape index (κ2) is 7.49. The predicted octanol–water partition coefficient (Wildman–Crippen LogP) is 3.88. The summed E-state index contributed by atoms with van der Waals surface area (Å²) in [5.41, 5.74) is 6.58. The third kappa shape index (κ3) is 3.71. The Morgan fingerprint density at radius 3 is 1.72 bits per heavy atom.